The van der Waals surface area contributed by atoms with Gasteiger partial charge < -0.3 is 24.3 Å². The van der Waals surface area contributed by atoms with Gasteiger partial charge in [0.2, 0.25) is 5.91 Å². The topological polar surface area (TPSA) is 161 Å². The first kappa shape index (κ1) is 28.5. The van der Waals surface area contributed by atoms with E-state index in [9.17, 15) is 14.4 Å². The fourth-order valence-electron chi connectivity index (χ4n) is 2.47. The minimum atomic E-state index is -0.897. The molecular formula is C18H31N5O8. The van der Waals surface area contributed by atoms with Crippen LogP contribution in [0.15, 0.2) is 11.2 Å². The van der Waals surface area contributed by atoms with Crippen molar-refractivity contribution in [2.24, 2.45) is 5.11 Å². The summed E-state index contributed by atoms with van der Waals surface area (Å²) in [6.07, 6.45) is 1.71. The third-order valence-corrected chi connectivity index (χ3v) is 3.92. The Bertz CT molecular complexity index is 608. The number of esters is 1. The zero-order chi connectivity index (χ0) is 23.3. The molecule has 0 spiro atoms. The van der Waals surface area contributed by atoms with Crippen molar-refractivity contribution in [3.05, 3.63) is 16.5 Å². The summed E-state index contributed by atoms with van der Waals surface area (Å²) in [6, 6.07) is -0.803. The van der Waals surface area contributed by atoms with Crippen molar-refractivity contribution in [2.45, 2.75) is 31.5 Å². The number of carbonyl (C=O) groups is 2. The van der Waals surface area contributed by atoms with Gasteiger partial charge >= 0.3 is 5.97 Å². The third-order valence-electron chi connectivity index (χ3n) is 3.92. The van der Waals surface area contributed by atoms with Gasteiger partial charge in [-0.1, -0.05) is 5.11 Å². The molecule has 0 saturated heterocycles. The van der Waals surface area contributed by atoms with Gasteiger partial charge in [0.1, 0.15) is 18.6 Å². The quantitative estimate of drug-likeness (QED) is 0.0433. The van der Waals surface area contributed by atoms with Crippen LogP contribution >= 0.6 is 0 Å². The molecule has 1 N–H and O–H groups in total. The zero-order valence-electron chi connectivity index (χ0n) is 18.2. The first-order valence-corrected chi connectivity index (χ1v) is 9.62. The van der Waals surface area contributed by atoms with Crippen molar-refractivity contribution >= 4 is 17.8 Å². The Morgan fingerprint density at radius 2 is 1.94 bits per heavy atom. The fourth-order valence-corrected chi connectivity index (χ4v) is 2.47. The van der Waals surface area contributed by atoms with Crippen LogP contribution in [0.25, 0.3) is 10.4 Å². The zero-order valence-corrected chi connectivity index (χ0v) is 18.2. The largest absolute Gasteiger partial charge is 0.468 e. The normalized spacial score (nSPS) is 12.4. The number of ether oxygens (including phenoxy) is 4. The molecule has 31 heavy (non-hydrogen) atoms. The van der Waals surface area contributed by atoms with Gasteiger partial charge in [-0.15, -0.1) is 5.06 Å². The summed E-state index contributed by atoms with van der Waals surface area (Å²) in [5, 5.41) is 7.25. The molecule has 0 radical (unpaired) electrons. The summed E-state index contributed by atoms with van der Waals surface area (Å²) in [7, 11) is 3.98. The molecule has 0 fully saturated rings. The standard InChI is InChI=1S/C18H31N5O8/c1-27-17(7-10-24)23(29-3)15(18(26)28-2)6-4-5-8-20-16(25)14-31-13-12-30-11-9-21-22-19/h7,15,17H,4-6,8-9,11-14H2,1-3H3,(H,20,25). The number of carbonyl (C=O) groups excluding carboxylic acids is 3. The van der Waals surface area contributed by atoms with Crippen LogP contribution in [0.1, 0.15) is 19.3 Å². The number of amides is 1. The van der Waals surface area contributed by atoms with E-state index >= 15 is 0 Å². The van der Waals surface area contributed by atoms with Crippen LogP contribution in [0.4, 0.5) is 0 Å². The number of hydroxylamine groups is 2. The maximum atomic E-state index is 12.1. The molecule has 0 aromatic heterocycles. The van der Waals surface area contributed by atoms with E-state index in [1.54, 1.807) is 5.94 Å². The predicted molar refractivity (Wildman–Crippen MR) is 108 cm³/mol. The van der Waals surface area contributed by atoms with Crippen molar-refractivity contribution in [1.29, 1.82) is 0 Å². The molecule has 0 bridgehead atoms. The number of nitrogens with one attached hydrogen (secondary N) is 1. The van der Waals surface area contributed by atoms with Crippen molar-refractivity contribution in [3.63, 3.8) is 0 Å². The average molecular weight is 445 g/mol. The van der Waals surface area contributed by atoms with Gasteiger partial charge in [0.15, 0.2) is 6.23 Å². The average Bonchev–Trinajstić information content (AvgIpc) is 2.78. The molecule has 0 aromatic rings. The Labute approximate surface area is 181 Å². The lowest BCUT2D eigenvalue weighted by Crippen LogP contribution is -2.47. The lowest BCUT2D eigenvalue weighted by atomic mass is 10.1. The molecule has 0 saturated carbocycles. The Morgan fingerprint density at radius 3 is 2.55 bits per heavy atom. The van der Waals surface area contributed by atoms with E-state index in [4.69, 9.17) is 29.3 Å². The van der Waals surface area contributed by atoms with Crippen LogP contribution in [0.5, 0.6) is 0 Å². The highest BCUT2D eigenvalue weighted by Crippen LogP contribution is 2.15. The number of azide groups is 1. The molecule has 176 valence electrons. The van der Waals surface area contributed by atoms with Crippen molar-refractivity contribution < 1.29 is 38.2 Å². The van der Waals surface area contributed by atoms with Gasteiger partial charge in [0.05, 0.1) is 34.0 Å². The summed E-state index contributed by atoms with van der Waals surface area (Å²) in [4.78, 5) is 42.3. The van der Waals surface area contributed by atoms with E-state index in [2.05, 4.69) is 15.3 Å². The van der Waals surface area contributed by atoms with Crippen molar-refractivity contribution in [1.82, 2.24) is 10.4 Å². The summed E-state index contributed by atoms with van der Waals surface area (Å²) in [5.74, 6) is 0.802. The van der Waals surface area contributed by atoms with Gasteiger partial charge in [-0.25, -0.2) is 4.79 Å². The van der Waals surface area contributed by atoms with Crippen molar-refractivity contribution in [3.8, 4) is 0 Å². The Balaban J connectivity index is 4.18. The second-order valence-electron chi connectivity index (χ2n) is 5.96. The molecule has 0 aliphatic heterocycles. The number of methoxy groups -OCH3 is 2. The maximum Gasteiger partial charge on any atom is 0.325 e. The highest BCUT2D eigenvalue weighted by atomic mass is 16.7. The van der Waals surface area contributed by atoms with Gasteiger partial charge in [-0.05, 0) is 24.8 Å². The van der Waals surface area contributed by atoms with E-state index in [0.717, 1.165) is 6.08 Å². The molecule has 13 nitrogen and oxygen atoms in total. The van der Waals surface area contributed by atoms with Gasteiger partial charge in [-0.3, -0.25) is 14.4 Å². The second kappa shape index (κ2) is 19.5. The summed E-state index contributed by atoms with van der Waals surface area (Å²) < 4.78 is 20.3. The predicted octanol–water partition coefficient (Wildman–Crippen LogP) is 0.382. The molecule has 0 heterocycles. The first-order valence-electron chi connectivity index (χ1n) is 9.62. The highest BCUT2D eigenvalue weighted by molar-refractivity contribution is 5.77. The van der Waals surface area contributed by atoms with Crippen molar-refractivity contribution in [2.75, 3.05) is 60.8 Å². The summed E-state index contributed by atoms with van der Waals surface area (Å²) in [6.45, 7) is 1.37. The molecule has 0 aromatic carbocycles. The van der Waals surface area contributed by atoms with Crippen LogP contribution in [-0.4, -0.2) is 96.0 Å². The van der Waals surface area contributed by atoms with Crippen LogP contribution < -0.4 is 5.32 Å². The highest BCUT2D eigenvalue weighted by Gasteiger charge is 2.32. The summed E-state index contributed by atoms with van der Waals surface area (Å²) in [5.41, 5.74) is 8.11. The van der Waals surface area contributed by atoms with Gasteiger partial charge in [0, 0.05) is 31.2 Å². The smallest absolute Gasteiger partial charge is 0.325 e. The number of nitrogens with zero attached hydrogens (tertiary/aromatic N) is 4. The van der Waals surface area contributed by atoms with E-state index in [1.807, 2.05) is 0 Å². The molecule has 13 heteroatoms. The van der Waals surface area contributed by atoms with Crippen LogP contribution in [0.3, 0.4) is 0 Å². The number of hydrogen-bond acceptors (Lipinski definition) is 10. The minimum absolute atomic E-state index is 0.102. The Morgan fingerprint density at radius 1 is 1.19 bits per heavy atom. The molecule has 0 rings (SSSR count). The molecule has 2 unspecified atom stereocenters. The van der Waals surface area contributed by atoms with Gasteiger partial charge in [-0.2, -0.15) is 0 Å². The Kier molecular flexibility index (Phi) is 17.9. The van der Waals surface area contributed by atoms with E-state index < -0.39 is 18.2 Å². The van der Waals surface area contributed by atoms with E-state index in [0.29, 0.717) is 39.0 Å². The number of hydrogen-bond donors (Lipinski definition) is 1. The van der Waals surface area contributed by atoms with E-state index in [1.165, 1.54) is 26.4 Å². The molecule has 2 atom stereocenters. The molecular weight excluding hydrogens is 414 g/mol. The maximum absolute atomic E-state index is 12.1. The summed E-state index contributed by atoms with van der Waals surface area (Å²) >= 11 is 0. The van der Waals surface area contributed by atoms with Gasteiger partial charge in [0.25, 0.3) is 0 Å². The second-order valence-corrected chi connectivity index (χ2v) is 5.96. The Hall–Kier alpha value is -2.50. The lowest BCUT2D eigenvalue weighted by Gasteiger charge is -2.31. The van der Waals surface area contributed by atoms with Crippen LogP contribution in [-0.2, 0) is 38.2 Å². The SMILES string of the molecule is COC(=O)C(CCCCNC(=O)COCCOCCN=[N+]=[N-])N(OC)C(C=C=O)OC. The first-order chi connectivity index (χ1) is 15.0. The fraction of sp³-hybridized carbons (Fsp3) is 0.778. The number of rotatable bonds is 19. The molecule has 0 aliphatic carbocycles. The van der Waals surface area contributed by atoms with E-state index in [-0.39, 0.29) is 25.7 Å². The monoisotopic (exact) mass is 445 g/mol. The number of unbranched alkanes of at least 4 members (excludes halogenated alkanes) is 1. The van der Waals surface area contributed by atoms with Crippen LogP contribution in [0.2, 0.25) is 0 Å². The molecule has 0 aliphatic rings. The van der Waals surface area contributed by atoms with Crippen LogP contribution in [0, 0.1) is 0 Å². The third kappa shape index (κ3) is 13.4. The minimum Gasteiger partial charge on any atom is -0.468 e. The molecule has 1 amide bonds. The lowest BCUT2D eigenvalue weighted by molar-refractivity contribution is -0.240.